The first kappa shape index (κ1) is 18.3. The van der Waals surface area contributed by atoms with Gasteiger partial charge in [0, 0.05) is 18.0 Å². The SMILES string of the molecule is CC(C)(C)OC(=O)N1CCc2c(sc(NCc3ccccc3)c2C#N)C1. The van der Waals surface area contributed by atoms with Crippen LogP contribution in [0.3, 0.4) is 0 Å². The number of nitrogens with zero attached hydrogens (tertiary/aromatic N) is 2. The number of carbonyl (C=O) groups excluding carboxylic acids is 1. The summed E-state index contributed by atoms with van der Waals surface area (Å²) in [6.07, 6.45) is 0.384. The molecule has 1 aliphatic heterocycles. The average Bonchev–Trinajstić information content (AvgIpc) is 2.96. The molecule has 0 atom stereocenters. The van der Waals surface area contributed by atoms with Gasteiger partial charge in [0.25, 0.3) is 0 Å². The zero-order valence-corrected chi connectivity index (χ0v) is 16.2. The van der Waals surface area contributed by atoms with Crippen LogP contribution in [0.4, 0.5) is 9.80 Å². The second-order valence-corrected chi connectivity index (χ2v) is 8.42. The smallest absolute Gasteiger partial charge is 0.410 e. The van der Waals surface area contributed by atoms with Crippen LogP contribution in [-0.4, -0.2) is 23.1 Å². The number of amides is 1. The van der Waals surface area contributed by atoms with Crippen molar-refractivity contribution >= 4 is 22.4 Å². The largest absolute Gasteiger partial charge is 0.444 e. The van der Waals surface area contributed by atoms with E-state index >= 15 is 0 Å². The quantitative estimate of drug-likeness (QED) is 0.863. The molecule has 1 N–H and O–H groups in total. The van der Waals surface area contributed by atoms with Crippen molar-refractivity contribution < 1.29 is 9.53 Å². The molecule has 0 aliphatic carbocycles. The monoisotopic (exact) mass is 369 g/mol. The highest BCUT2D eigenvalue weighted by Crippen LogP contribution is 2.37. The Morgan fingerprint density at radius 3 is 2.73 bits per heavy atom. The van der Waals surface area contributed by atoms with E-state index in [0.29, 0.717) is 31.6 Å². The molecule has 6 heteroatoms. The van der Waals surface area contributed by atoms with E-state index in [1.54, 1.807) is 16.2 Å². The number of nitrogens with one attached hydrogen (secondary N) is 1. The lowest BCUT2D eigenvalue weighted by molar-refractivity contribution is 0.0226. The van der Waals surface area contributed by atoms with Crippen molar-refractivity contribution in [2.24, 2.45) is 0 Å². The second kappa shape index (κ2) is 7.38. The molecule has 3 rings (SSSR count). The van der Waals surface area contributed by atoms with Crippen molar-refractivity contribution in [3.8, 4) is 6.07 Å². The molecule has 0 radical (unpaired) electrons. The fourth-order valence-corrected chi connectivity index (χ4v) is 4.12. The summed E-state index contributed by atoms with van der Waals surface area (Å²) in [6, 6.07) is 12.4. The van der Waals surface area contributed by atoms with Gasteiger partial charge in [-0.25, -0.2) is 4.79 Å². The summed E-state index contributed by atoms with van der Waals surface area (Å²) in [7, 11) is 0. The third kappa shape index (κ3) is 4.17. The van der Waals surface area contributed by atoms with Crippen molar-refractivity contribution in [2.75, 3.05) is 11.9 Å². The van der Waals surface area contributed by atoms with Gasteiger partial charge in [0.1, 0.15) is 16.7 Å². The highest BCUT2D eigenvalue weighted by atomic mass is 32.1. The first-order valence-electron chi connectivity index (χ1n) is 8.68. The third-order valence-corrected chi connectivity index (χ3v) is 5.29. The van der Waals surface area contributed by atoms with Gasteiger partial charge in [0.05, 0.1) is 12.1 Å². The minimum Gasteiger partial charge on any atom is -0.444 e. The number of hydrogen-bond acceptors (Lipinski definition) is 5. The molecule has 0 bridgehead atoms. The van der Waals surface area contributed by atoms with Crippen LogP contribution in [0.1, 0.15) is 42.3 Å². The Morgan fingerprint density at radius 2 is 2.08 bits per heavy atom. The first-order valence-corrected chi connectivity index (χ1v) is 9.49. The van der Waals surface area contributed by atoms with Gasteiger partial charge in [0.15, 0.2) is 0 Å². The van der Waals surface area contributed by atoms with Crippen molar-refractivity contribution in [1.82, 2.24) is 4.90 Å². The van der Waals surface area contributed by atoms with Crippen molar-refractivity contribution in [1.29, 1.82) is 5.26 Å². The number of benzene rings is 1. The predicted molar refractivity (Wildman–Crippen MR) is 103 cm³/mol. The Kier molecular flexibility index (Phi) is 5.19. The van der Waals surface area contributed by atoms with Gasteiger partial charge in [-0.15, -0.1) is 11.3 Å². The molecule has 5 nitrogen and oxygen atoms in total. The van der Waals surface area contributed by atoms with Gasteiger partial charge >= 0.3 is 6.09 Å². The van der Waals surface area contributed by atoms with Gasteiger partial charge in [-0.2, -0.15) is 5.26 Å². The Labute approximate surface area is 158 Å². The van der Waals surface area contributed by atoms with Crippen LogP contribution in [-0.2, 0) is 24.2 Å². The molecule has 2 aromatic rings. The first-order chi connectivity index (χ1) is 12.4. The van der Waals surface area contributed by atoms with Crippen LogP contribution < -0.4 is 5.32 Å². The van der Waals surface area contributed by atoms with Crippen LogP contribution >= 0.6 is 11.3 Å². The zero-order chi connectivity index (χ0) is 18.7. The molecule has 136 valence electrons. The molecule has 0 spiro atoms. The molecule has 26 heavy (non-hydrogen) atoms. The molecule has 1 aliphatic rings. The minimum atomic E-state index is -0.507. The summed E-state index contributed by atoms with van der Waals surface area (Å²) in [6.45, 7) is 7.34. The standard InChI is InChI=1S/C20H23N3O2S/c1-20(2,3)25-19(24)23-10-9-15-16(11-21)18(26-17(15)13-23)22-12-14-7-5-4-6-8-14/h4-8,22H,9-10,12-13H2,1-3H3. The molecule has 2 heterocycles. The Bertz CT molecular complexity index is 831. The number of carbonyl (C=O) groups is 1. The van der Waals surface area contributed by atoms with E-state index < -0.39 is 5.60 Å². The molecule has 0 unspecified atom stereocenters. The molecule has 0 saturated carbocycles. The topological polar surface area (TPSA) is 65.4 Å². The maximum atomic E-state index is 12.3. The molecule has 1 amide bonds. The fourth-order valence-electron chi connectivity index (χ4n) is 2.91. The summed E-state index contributed by atoms with van der Waals surface area (Å²) in [5.41, 5.74) is 2.43. The number of ether oxygens (including phenoxy) is 1. The van der Waals surface area contributed by atoms with Crippen LogP contribution in [0, 0.1) is 11.3 Å². The Balaban J connectivity index is 1.74. The number of thiophene rings is 1. The predicted octanol–water partition coefficient (Wildman–Crippen LogP) is 4.53. The van der Waals surface area contributed by atoms with Crippen molar-refractivity contribution in [3.63, 3.8) is 0 Å². The van der Waals surface area contributed by atoms with Crippen molar-refractivity contribution in [3.05, 3.63) is 51.9 Å². The summed E-state index contributed by atoms with van der Waals surface area (Å²) >= 11 is 1.56. The molecule has 1 aromatic heterocycles. The highest BCUT2D eigenvalue weighted by Gasteiger charge is 2.29. The number of hydrogen-bond donors (Lipinski definition) is 1. The summed E-state index contributed by atoms with van der Waals surface area (Å²) in [5.74, 6) is 0. The second-order valence-electron chi connectivity index (χ2n) is 7.31. The third-order valence-electron chi connectivity index (χ3n) is 4.12. The number of rotatable bonds is 3. The van der Waals surface area contributed by atoms with E-state index in [2.05, 4.69) is 23.5 Å². The Morgan fingerprint density at radius 1 is 1.35 bits per heavy atom. The van der Waals surface area contributed by atoms with Crippen LogP contribution in [0.2, 0.25) is 0 Å². The maximum Gasteiger partial charge on any atom is 0.410 e. The lowest BCUT2D eigenvalue weighted by Crippen LogP contribution is -2.39. The summed E-state index contributed by atoms with van der Waals surface area (Å²) in [4.78, 5) is 15.1. The normalized spacial score (nSPS) is 13.7. The lowest BCUT2D eigenvalue weighted by Gasteiger charge is -2.29. The zero-order valence-electron chi connectivity index (χ0n) is 15.3. The lowest BCUT2D eigenvalue weighted by atomic mass is 10.0. The molecular weight excluding hydrogens is 346 g/mol. The fraction of sp³-hybridized carbons (Fsp3) is 0.400. The van der Waals surface area contributed by atoms with E-state index in [1.165, 1.54) is 0 Å². The molecular formula is C20H23N3O2S. The van der Waals surface area contributed by atoms with Gasteiger partial charge < -0.3 is 15.0 Å². The Hall–Kier alpha value is -2.52. The van der Waals surface area contributed by atoms with Crippen LogP contribution in [0.25, 0.3) is 0 Å². The molecule has 0 saturated heterocycles. The van der Waals surface area contributed by atoms with Crippen molar-refractivity contribution in [2.45, 2.75) is 45.9 Å². The van der Waals surface area contributed by atoms with E-state index in [4.69, 9.17) is 4.74 Å². The van der Waals surface area contributed by atoms with Crippen LogP contribution in [0.15, 0.2) is 30.3 Å². The molecule has 0 fully saturated rings. The number of fused-ring (bicyclic) bond motifs is 1. The van der Waals surface area contributed by atoms with Gasteiger partial charge in [-0.1, -0.05) is 30.3 Å². The van der Waals surface area contributed by atoms with E-state index in [-0.39, 0.29) is 6.09 Å². The average molecular weight is 369 g/mol. The number of anilines is 1. The van der Waals surface area contributed by atoms with Gasteiger partial charge in [-0.05, 0) is 38.3 Å². The highest BCUT2D eigenvalue weighted by molar-refractivity contribution is 7.16. The maximum absolute atomic E-state index is 12.3. The van der Waals surface area contributed by atoms with Crippen LogP contribution in [0.5, 0.6) is 0 Å². The minimum absolute atomic E-state index is 0.297. The summed E-state index contributed by atoms with van der Waals surface area (Å²) in [5, 5.41) is 13.9. The van der Waals surface area contributed by atoms with Gasteiger partial charge in [-0.3, -0.25) is 0 Å². The van der Waals surface area contributed by atoms with E-state index in [0.717, 1.165) is 21.0 Å². The van der Waals surface area contributed by atoms with Gasteiger partial charge in [0.2, 0.25) is 0 Å². The summed E-state index contributed by atoms with van der Waals surface area (Å²) < 4.78 is 5.47. The van der Waals surface area contributed by atoms with E-state index in [9.17, 15) is 10.1 Å². The number of nitriles is 1. The molecule has 1 aromatic carbocycles. The van der Waals surface area contributed by atoms with E-state index in [1.807, 2.05) is 39.0 Å².